The highest BCUT2D eigenvalue weighted by Crippen LogP contribution is 2.36. The van der Waals surface area contributed by atoms with Gasteiger partial charge in [-0.15, -0.1) is 0 Å². The summed E-state index contributed by atoms with van der Waals surface area (Å²) in [5.41, 5.74) is 0.181. The molecule has 2 nitrogen and oxygen atoms in total. The first-order valence-electron chi connectivity index (χ1n) is 7.15. The SMILES string of the molecule is CC(C)(C)CC(Br)CNC(=O)C1(C)CCCCC1. The molecule has 0 aromatic heterocycles. The van der Waals surface area contributed by atoms with E-state index in [-0.39, 0.29) is 11.3 Å². The van der Waals surface area contributed by atoms with Crippen LogP contribution in [0.15, 0.2) is 0 Å². The van der Waals surface area contributed by atoms with Gasteiger partial charge >= 0.3 is 0 Å². The molecule has 1 unspecified atom stereocenters. The lowest BCUT2D eigenvalue weighted by Crippen LogP contribution is -2.42. The second-order valence-electron chi connectivity index (χ2n) is 7.19. The van der Waals surface area contributed by atoms with Gasteiger partial charge in [-0.2, -0.15) is 0 Å². The quantitative estimate of drug-likeness (QED) is 0.771. The summed E-state index contributed by atoms with van der Waals surface area (Å²) in [7, 11) is 0. The van der Waals surface area contributed by atoms with Gasteiger partial charge in [-0.25, -0.2) is 0 Å². The molecule has 1 fully saturated rings. The Morgan fingerprint density at radius 1 is 1.28 bits per heavy atom. The molecule has 0 saturated heterocycles. The van der Waals surface area contributed by atoms with Gasteiger partial charge in [0.25, 0.3) is 0 Å². The van der Waals surface area contributed by atoms with Crippen LogP contribution in [-0.2, 0) is 4.79 Å². The molecule has 106 valence electrons. The van der Waals surface area contributed by atoms with Gasteiger partial charge < -0.3 is 5.32 Å². The van der Waals surface area contributed by atoms with Crippen molar-refractivity contribution in [1.29, 1.82) is 0 Å². The maximum atomic E-state index is 12.3. The van der Waals surface area contributed by atoms with Crippen molar-refractivity contribution in [1.82, 2.24) is 5.32 Å². The number of carbonyl (C=O) groups excluding carboxylic acids is 1. The summed E-state index contributed by atoms with van der Waals surface area (Å²) in [5.74, 6) is 0.251. The third-order valence-corrected chi connectivity index (χ3v) is 4.47. The van der Waals surface area contributed by atoms with E-state index in [2.05, 4.69) is 48.9 Å². The van der Waals surface area contributed by atoms with Crippen molar-refractivity contribution in [2.24, 2.45) is 10.8 Å². The summed E-state index contributed by atoms with van der Waals surface area (Å²) in [6, 6.07) is 0. The Labute approximate surface area is 120 Å². The molecule has 0 spiro atoms. The Morgan fingerprint density at radius 2 is 1.83 bits per heavy atom. The predicted molar refractivity (Wildman–Crippen MR) is 81.0 cm³/mol. The average molecular weight is 318 g/mol. The molecule has 1 saturated carbocycles. The van der Waals surface area contributed by atoms with Crippen LogP contribution in [0.25, 0.3) is 0 Å². The van der Waals surface area contributed by atoms with Crippen LogP contribution in [0.1, 0.15) is 66.2 Å². The largest absolute Gasteiger partial charge is 0.355 e. The fourth-order valence-corrected chi connectivity index (χ4v) is 3.85. The van der Waals surface area contributed by atoms with E-state index in [0.29, 0.717) is 10.2 Å². The van der Waals surface area contributed by atoms with Crippen LogP contribution in [0.5, 0.6) is 0 Å². The van der Waals surface area contributed by atoms with Crippen LogP contribution in [0.3, 0.4) is 0 Å². The number of nitrogens with one attached hydrogen (secondary N) is 1. The van der Waals surface area contributed by atoms with E-state index in [4.69, 9.17) is 0 Å². The van der Waals surface area contributed by atoms with E-state index in [1.54, 1.807) is 0 Å². The molecule has 1 amide bonds. The van der Waals surface area contributed by atoms with Crippen molar-refractivity contribution in [3.05, 3.63) is 0 Å². The van der Waals surface area contributed by atoms with E-state index >= 15 is 0 Å². The predicted octanol–water partition coefficient (Wildman–Crippen LogP) is 4.27. The van der Waals surface area contributed by atoms with Gasteiger partial charge in [0, 0.05) is 16.8 Å². The second-order valence-corrected chi connectivity index (χ2v) is 8.49. The molecule has 0 radical (unpaired) electrons. The van der Waals surface area contributed by atoms with Gasteiger partial charge in [0.05, 0.1) is 0 Å². The summed E-state index contributed by atoms with van der Waals surface area (Å²) >= 11 is 3.67. The average Bonchev–Trinajstić information content (AvgIpc) is 2.24. The first kappa shape index (κ1) is 16.0. The highest BCUT2D eigenvalue weighted by molar-refractivity contribution is 9.09. The van der Waals surface area contributed by atoms with Crippen LogP contribution in [0.4, 0.5) is 0 Å². The van der Waals surface area contributed by atoms with Crippen LogP contribution < -0.4 is 5.32 Å². The number of hydrogen-bond acceptors (Lipinski definition) is 1. The third kappa shape index (κ3) is 5.29. The van der Waals surface area contributed by atoms with E-state index in [9.17, 15) is 4.79 Å². The number of halogens is 1. The normalized spacial score (nSPS) is 21.4. The van der Waals surface area contributed by atoms with Gasteiger partial charge in [-0.3, -0.25) is 4.79 Å². The summed E-state index contributed by atoms with van der Waals surface area (Å²) in [6.45, 7) is 9.54. The second kappa shape index (κ2) is 6.40. The van der Waals surface area contributed by atoms with Crippen LogP contribution in [0.2, 0.25) is 0 Å². The molecular formula is C15H28BrNO. The van der Waals surface area contributed by atoms with Gasteiger partial charge in [0.1, 0.15) is 0 Å². The first-order chi connectivity index (χ1) is 8.23. The molecule has 1 rings (SSSR count). The molecule has 1 N–H and O–H groups in total. The lowest BCUT2D eigenvalue weighted by molar-refractivity contribution is -0.131. The van der Waals surface area contributed by atoms with Crippen LogP contribution >= 0.6 is 15.9 Å². The van der Waals surface area contributed by atoms with Crippen molar-refractivity contribution in [2.45, 2.75) is 71.0 Å². The van der Waals surface area contributed by atoms with E-state index in [1.165, 1.54) is 19.3 Å². The Kier molecular flexibility index (Phi) is 5.69. The minimum atomic E-state index is -0.118. The molecule has 18 heavy (non-hydrogen) atoms. The van der Waals surface area contributed by atoms with Crippen molar-refractivity contribution in [3.8, 4) is 0 Å². The number of rotatable bonds is 4. The Morgan fingerprint density at radius 3 is 2.33 bits per heavy atom. The van der Waals surface area contributed by atoms with Crippen LogP contribution in [0, 0.1) is 10.8 Å². The Balaban J connectivity index is 2.36. The smallest absolute Gasteiger partial charge is 0.225 e. The molecular weight excluding hydrogens is 290 g/mol. The summed E-state index contributed by atoms with van der Waals surface area (Å²) < 4.78 is 0. The Hall–Kier alpha value is -0.0500. The fourth-order valence-electron chi connectivity index (χ4n) is 2.71. The maximum Gasteiger partial charge on any atom is 0.225 e. The number of hydrogen-bond donors (Lipinski definition) is 1. The van der Waals surface area contributed by atoms with Crippen molar-refractivity contribution >= 4 is 21.8 Å². The molecule has 0 aliphatic heterocycles. The van der Waals surface area contributed by atoms with Gasteiger partial charge in [0.15, 0.2) is 0 Å². The van der Waals surface area contributed by atoms with Crippen molar-refractivity contribution in [2.75, 3.05) is 6.54 Å². The molecule has 3 heteroatoms. The zero-order valence-corrected chi connectivity index (χ0v) is 13.9. The van der Waals surface area contributed by atoms with E-state index in [1.807, 2.05) is 0 Å². The van der Waals surface area contributed by atoms with Gasteiger partial charge in [0.2, 0.25) is 5.91 Å². The van der Waals surface area contributed by atoms with Gasteiger partial charge in [-0.05, 0) is 24.7 Å². The minimum absolute atomic E-state index is 0.118. The van der Waals surface area contributed by atoms with Gasteiger partial charge in [-0.1, -0.05) is 62.9 Å². The molecule has 1 aliphatic rings. The number of amides is 1. The number of carbonyl (C=O) groups is 1. The van der Waals surface area contributed by atoms with Crippen LogP contribution in [-0.4, -0.2) is 17.3 Å². The molecule has 0 aromatic rings. The third-order valence-electron chi connectivity index (χ3n) is 3.82. The van der Waals surface area contributed by atoms with E-state index in [0.717, 1.165) is 25.8 Å². The molecule has 0 aromatic carbocycles. The number of alkyl halides is 1. The monoisotopic (exact) mass is 317 g/mol. The lowest BCUT2D eigenvalue weighted by atomic mass is 9.75. The van der Waals surface area contributed by atoms with E-state index < -0.39 is 0 Å². The molecule has 1 atom stereocenters. The summed E-state index contributed by atoms with van der Waals surface area (Å²) in [4.78, 5) is 12.6. The molecule has 0 bridgehead atoms. The maximum absolute atomic E-state index is 12.3. The molecule has 0 heterocycles. The Bertz CT molecular complexity index is 277. The van der Waals surface area contributed by atoms with Crippen molar-refractivity contribution in [3.63, 3.8) is 0 Å². The molecule has 1 aliphatic carbocycles. The highest BCUT2D eigenvalue weighted by Gasteiger charge is 2.34. The zero-order valence-electron chi connectivity index (χ0n) is 12.3. The standard InChI is InChI=1S/C15H28BrNO/c1-14(2,3)10-12(16)11-17-13(18)15(4)8-6-5-7-9-15/h12H,5-11H2,1-4H3,(H,17,18). The topological polar surface area (TPSA) is 29.1 Å². The summed E-state index contributed by atoms with van der Waals surface area (Å²) in [6.07, 6.45) is 6.85. The fraction of sp³-hybridized carbons (Fsp3) is 0.933. The lowest BCUT2D eigenvalue weighted by Gasteiger charge is -2.32. The highest BCUT2D eigenvalue weighted by atomic mass is 79.9. The first-order valence-corrected chi connectivity index (χ1v) is 8.07. The minimum Gasteiger partial charge on any atom is -0.355 e. The van der Waals surface area contributed by atoms with Crippen molar-refractivity contribution < 1.29 is 4.79 Å². The zero-order chi connectivity index (χ0) is 13.8. The summed E-state index contributed by atoms with van der Waals surface area (Å²) in [5, 5.41) is 3.13.